The molecule has 2 nitrogen and oxygen atoms in total. The van der Waals surface area contributed by atoms with Gasteiger partial charge in [-0.05, 0) is 30.9 Å². The predicted octanol–water partition coefficient (Wildman–Crippen LogP) is 5.25. The van der Waals surface area contributed by atoms with Crippen LogP contribution in [0.4, 0.5) is 0 Å². The van der Waals surface area contributed by atoms with Crippen LogP contribution >= 0.6 is 0 Å². The third-order valence-electron chi connectivity index (χ3n) is 3.11. The predicted molar refractivity (Wildman–Crippen MR) is 75.7 cm³/mol. The molecule has 2 heteroatoms. The van der Waals surface area contributed by atoms with Crippen molar-refractivity contribution < 1.29 is 9.21 Å². The van der Waals surface area contributed by atoms with Crippen LogP contribution in [0.15, 0.2) is 22.8 Å². The monoisotopic (exact) mass is 248 g/mol. The minimum Gasteiger partial charge on any atom is -0.464 e. The third-order valence-corrected chi connectivity index (χ3v) is 3.11. The van der Waals surface area contributed by atoms with E-state index in [2.05, 4.69) is 19.9 Å². The molecule has 1 heterocycles. The van der Waals surface area contributed by atoms with Crippen molar-refractivity contribution in [1.29, 1.82) is 0 Å². The topological polar surface area (TPSA) is 30.2 Å². The Bertz CT molecular complexity index is 374. The van der Waals surface area contributed by atoms with Crippen LogP contribution in [-0.4, -0.2) is 6.29 Å². The number of allylic oxidation sites excluding steroid dienone is 2. The van der Waals surface area contributed by atoms with Gasteiger partial charge >= 0.3 is 0 Å². The van der Waals surface area contributed by atoms with Gasteiger partial charge in [-0.15, -0.1) is 0 Å². The summed E-state index contributed by atoms with van der Waals surface area (Å²) >= 11 is 0. The first-order valence-electron chi connectivity index (χ1n) is 7.05. The lowest BCUT2D eigenvalue weighted by molar-refractivity contribution is 0.112. The third kappa shape index (κ3) is 4.52. The Morgan fingerprint density at radius 2 is 2.00 bits per heavy atom. The van der Waals surface area contributed by atoms with Crippen LogP contribution in [0, 0.1) is 0 Å². The molecule has 0 aromatic carbocycles. The van der Waals surface area contributed by atoms with Gasteiger partial charge in [-0.1, -0.05) is 45.6 Å². The number of furan rings is 1. The summed E-state index contributed by atoms with van der Waals surface area (Å²) in [4.78, 5) is 11.0. The van der Waals surface area contributed by atoms with Gasteiger partial charge in [0.1, 0.15) is 5.76 Å². The molecule has 100 valence electrons. The molecule has 0 amide bonds. The SMILES string of the molecule is CCCC/C=C(\CCCCC)c1occc1C=O. The maximum absolute atomic E-state index is 11.0. The van der Waals surface area contributed by atoms with E-state index in [1.165, 1.54) is 31.3 Å². The summed E-state index contributed by atoms with van der Waals surface area (Å²) in [6, 6.07) is 1.75. The lowest BCUT2D eigenvalue weighted by Gasteiger charge is -2.05. The molecule has 0 aliphatic rings. The number of rotatable bonds is 9. The van der Waals surface area contributed by atoms with Gasteiger partial charge in [-0.25, -0.2) is 0 Å². The van der Waals surface area contributed by atoms with Crippen molar-refractivity contribution in [3.63, 3.8) is 0 Å². The molecular formula is C16H24O2. The molecule has 0 N–H and O–H groups in total. The summed E-state index contributed by atoms with van der Waals surface area (Å²) in [5.74, 6) is 0.775. The zero-order valence-electron chi connectivity index (χ0n) is 11.6. The Balaban J connectivity index is 2.75. The Morgan fingerprint density at radius 1 is 1.22 bits per heavy atom. The van der Waals surface area contributed by atoms with Crippen molar-refractivity contribution in [3.05, 3.63) is 29.7 Å². The highest BCUT2D eigenvalue weighted by molar-refractivity contribution is 5.83. The van der Waals surface area contributed by atoms with Crippen molar-refractivity contribution in [1.82, 2.24) is 0 Å². The van der Waals surface area contributed by atoms with E-state index in [1.807, 2.05) is 0 Å². The molecule has 0 unspecified atom stereocenters. The first-order chi connectivity index (χ1) is 8.83. The van der Waals surface area contributed by atoms with Gasteiger partial charge in [0, 0.05) is 0 Å². The molecule has 0 bridgehead atoms. The zero-order chi connectivity index (χ0) is 13.2. The summed E-state index contributed by atoms with van der Waals surface area (Å²) in [6.07, 6.45) is 12.8. The van der Waals surface area contributed by atoms with Crippen molar-refractivity contribution in [2.45, 2.75) is 58.8 Å². The normalized spacial score (nSPS) is 11.8. The van der Waals surface area contributed by atoms with E-state index >= 15 is 0 Å². The fourth-order valence-corrected chi connectivity index (χ4v) is 2.03. The van der Waals surface area contributed by atoms with Gasteiger partial charge in [0.15, 0.2) is 6.29 Å². The van der Waals surface area contributed by atoms with Crippen LogP contribution < -0.4 is 0 Å². The van der Waals surface area contributed by atoms with Gasteiger partial charge in [0.05, 0.1) is 11.8 Å². The molecule has 18 heavy (non-hydrogen) atoms. The van der Waals surface area contributed by atoms with Gasteiger partial charge < -0.3 is 4.42 Å². The molecule has 0 atom stereocenters. The highest BCUT2D eigenvalue weighted by Crippen LogP contribution is 2.25. The van der Waals surface area contributed by atoms with E-state index in [4.69, 9.17) is 4.42 Å². The van der Waals surface area contributed by atoms with E-state index < -0.39 is 0 Å². The van der Waals surface area contributed by atoms with Crippen LogP contribution in [0.25, 0.3) is 5.57 Å². The minimum atomic E-state index is 0.675. The molecule has 0 spiro atoms. The van der Waals surface area contributed by atoms with Crippen LogP contribution in [0.3, 0.4) is 0 Å². The lowest BCUT2D eigenvalue weighted by Crippen LogP contribution is -1.89. The van der Waals surface area contributed by atoms with E-state index in [0.717, 1.165) is 31.3 Å². The lowest BCUT2D eigenvalue weighted by atomic mass is 10.0. The number of hydrogen-bond donors (Lipinski definition) is 0. The maximum Gasteiger partial charge on any atom is 0.153 e. The van der Waals surface area contributed by atoms with Gasteiger partial charge in [-0.3, -0.25) is 4.79 Å². The number of unbranched alkanes of at least 4 members (excludes halogenated alkanes) is 4. The summed E-state index contributed by atoms with van der Waals surface area (Å²) in [7, 11) is 0. The Morgan fingerprint density at radius 3 is 2.67 bits per heavy atom. The first-order valence-corrected chi connectivity index (χ1v) is 7.05. The first kappa shape index (κ1) is 14.7. The van der Waals surface area contributed by atoms with Crippen LogP contribution in [0.1, 0.15) is 74.9 Å². The van der Waals surface area contributed by atoms with E-state index in [1.54, 1.807) is 12.3 Å². The van der Waals surface area contributed by atoms with Crippen LogP contribution in [0.5, 0.6) is 0 Å². The molecule has 1 aromatic heterocycles. The van der Waals surface area contributed by atoms with Gasteiger partial charge in [-0.2, -0.15) is 0 Å². The number of aldehydes is 1. The van der Waals surface area contributed by atoms with Crippen LogP contribution in [0.2, 0.25) is 0 Å². The van der Waals surface area contributed by atoms with Crippen molar-refractivity contribution in [2.24, 2.45) is 0 Å². The second kappa shape index (κ2) is 8.73. The summed E-state index contributed by atoms with van der Waals surface area (Å²) in [5.41, 5.74) is 1.87. The van der Waals surface area contributed by atoms with Gasteiger partial charge in [0.2, 0.25) is 0 Å². The molecule has 1 aromatic rings. The molecular weight excluding hydrogens is 224 g/mol. The Labute approximate surface area is 110 Å². The second-order valence-corrected chi connectivity index (χ2v) is 4.65. The standard InChI is InChI=1S/C16H24O2/c1-3-5-7-9-14(10-8-6-4-2)16-15(13-17)11-12-18-16/h9,11-13H,3-8,10H2,1-2H3/b14-9+. The quantitative estimate of drug-likeness (QED) is 0.441. The molecule has 0 saturated heterocycles. The Hall–Kier alpha value is -1.31. The van der Waals surface area contributed by atoms with Crippen molar-refractivity contribution >= 4 is 11.9 Å². The minimum absolute atomic E-state index is 0.675. The fourth-order valence-electron chi connectivity index (χ4n) is 2.03. The maximum atomic E-state index is 11.0. The van der Waals surface area contributed by atoms with E-state index in [-0.39, 0.29) is 0 Å². The molecule has 0 radical (unpaired) electrons. The van der Waals surface area contributed by atoms with Crippen molar-refractivity contribution in [2.75, 3.05) is 0 Å². The van der Waals surface area contributed by atoms with Crippen LogP contribution in [-0.2, 0) is 0 Å². The van der Waals surface area contributed by atoms with Crippen molar-refractivity contribution in [3.8, 4) is 0 Å². The highest BCUT2D eigenvalue weighted by Gasteiger charge is 2.10. The van der Waals surface area contributed by atoms with E-state index in [0.29, 0.717) is 5.56 Å². The summed E-state index contributed by atoms with van der Waals surface area (Å²) in [6.45, 7) is 4.39. The zero-order valence-corrected chi connectivity index (χ0v) is 11.6. The molecule has 0 aliphatic heterocycles. The number of carbonyl (C=O) groups excluding carboxylic acids is 1. The Kier molecular flexibility index (Phi) is 7.16. The average Bonchev–Trinajstić information content (AvgIpc) is 2.85. The molecule has 0 aliphatic carbocycles. The summed E-state index contributed by atoms with van der Waals surface area (Å²) in [5, 5.41) is 0. The average molecular weight is 248 g/mol. The second-order valence-electron chi connectivity index (χ2n) is 4.65. The van der Waals surface area contributed by atoms with Gasteiger partial charge in [0.25, 0.3) is 0 Å². The summed E-state index contributed by atoms with van der Waals surface area (Å²) < 4.78 is 5.48. The largest absolute Gasteiger partial charge is 0.464 e. The molecule has 0 saturated carbocycles. The van der Waals surface area contributed by atoms with E-state index in [9.17, 15) is 4.79 Å². The number of hydrogen-bond acceptors (Lipinski definition) is 2. The molecule has 0 fully saturated rings. The smallest absolute Gasteiger partial charge is 0.153 e. The highest BCUT2D eigenvalue weighted by atomic mass is 16.3. The number of carbonyl (C=O) groups is 1. The molecule has 1 rings (SSSR count). The fraction of sp³-hybridized carbons (Fsp3) is 0.562.